The summed E-state index contributed by atoms with van der Waals surface area (Å²) in [6.07, 6.45) is 3.95. The Morgan fingerprint density at radius 2 is 1.93 bits per heavy atom. The lowest BCUT2D eigenvalue weighted by Crippen LogP contribution is -2.33. The summed E-state index contributed by atoms with van der Waals surface area (Å²) >= 11 is 0. The lowest BCUT2D eigenvalue weighted by molar-refractivity contribution is -0.122. The predicted molar refractivity (Wildman–Crippen MR) is 116 cm³/mol. The summed E-state index contributed by atoms with van der Waals surface area (Å²) in [7, 11) is 1.65. The molecule has 0 aromatic heterocycles. The first-order valence-electron chi connectivity index (χ1n) is 10.3. The summed E-state index contributed by atoms with van der Waals surface area (Å²) in [5.74, 6) is 3.29. The molecule has 0 saturated carbocycles. The Morgan fingerprint density at radius 3 is 2.57 bits per heavy atom. The van der Waals surface area contributed by atoms with Gasteiger partial charge in [-0.05, 0) is 67.8 Å². The number of rotatable bonds is 10. The van der Waals surface area contributed by atoms with Crippen LogP contribution in [0.4, 0.5) is 0 Å². The average molecular weight is 413 g/mol. The molecule has 1 unspecified atom stereocenters. The Balaban J connectivity index is 0.00000392. The number of halogens is 1. The second-order valence-corrected chi connectivity index (χ2v) is 8.06. The molecule has 1 aromatic carbocycles. The zero-order valence-corrected chi connectivity index (χ0v) is 18.6. The Labute approximate surface area is 176 Å². The number of piperidine rings is 1. The molecule has 28 heavy (non-hydrogen) atoms. The maximum absolute atomic E-state index is 12.3. The van der Waals surface area contributed by atoms with Crippen molar-refractivity contribution in [3.63, 3.8) is 0 Å². The van der Waals surface area contributed by atoms with Crippen LogP contribution in [0, 0.1) is 17.8 Å². The molecule has 2 rings (SSSR count). The van der Waals surface area contributed by atoms with Crippen LogP contribution in [0.25, 0.3) is 0 Å². The quantitative estimate of drug-likeness (QED) is 0.605. The zero-order valence-electron chi connectivity index (χ0n) is 17.8. The molecule has 160 valence electrons. The highest BCUT2D eigenvalue weighted by Crippen LogP contribution is 2.28. The number of ether oxygens (including phenoxy) is 2. The summed E-state index contributed by atoms with van der Waals surface area (Å²) in [6, 6.07) is 5.86. The molecule has 1 aromatic rings. The largest absolute Gasteiger partial charge is 0.493 e. The summed E-state index contributed by atoms with van der Waals surface area (Å²) in [4.78, 5) is 12.3. The van der Waals surface area contributed by atoms with Gasteiger partial charge >= 0.3 is 0 Å². The summed E-state index contributed by atoms with van der Waals surface area (Å²) in [6.45, 7) is 9.89. The molecule has 1 heterocycles. The Morgan fingerprint density at radius 1 is 1.21 bits per heavy atom. The molecule has 0 radical (unpaired) electrons. The molecule has 6 heteroatoms. The van der Waals surface area contributed by atoms with Gasteiger partial charge in [-0.15, -0.1) is 12.4 Å². The molecular weight excluding hydrogens is 376 g/mol. The Hall–Kier alpha value is -1.46. The van der Waals surface area contributed by atoms with Gasteiger partial charge in [0.25, 0.3) is 0 Å². The molecular formula is C22H37ClN2O3. The third-order valence-corrected chi connectivity index (χ3v) is 5.37. The molecule has 1 fully saturated rings. The maximum atomic E-state index is 12.3. The molecule has 5 nitrogen and oxygen atoms in total. The van der Waals surface area contributed by atoms with Crippen molar-refractivity contribution >= 4 is 18.3 Å². The van der Waals surface area contributed by atoms with Gasteiger partial charge in [-0.1, -0.05) is 26.8 Å². The third-order valence-electron chi connectivity index (χ3n) is 5.37. The van der Waals surface area contributed by atoms with E-state index < -0.39 is 0 Å². The standard InChI is InChI=1S/C22H36N2O3.ClH/c1-16(2)9-12-27-20-6-5-18(14-21(20)26-4)15-24-22(25)13-17(3)19-7-10-23-11-8-19;/h5-6,14,16-17,19,23H,7-13,15H2,1-4H3,(H,24,25);1H. The maximum Gasteiger partial charge on any atom is 0.220 e. The van der Waals surface area contributed by atoms with E-state index in [9.17, 15) is 4.79 Å². The first-order valence-corrected chi connectivity index (χ1v) is 10.3. The van der Waals surface area contributed by atoms with Crippen molar-refractivity contribution in [3.05, 3.63) is 23.8 Å². The van der Waals surface area contributed by atoms with Gasteiger partial charge < -0.3 is 20.1 Å². The number of benzene rings is 1. The van der Waals surface area contributed by atoms with Crippen molar-refractivity contribution in [2.75, 3.05) is 26.8 Å². The molecule has 0 aliphatic carbocycles. The van der Waals surface area contributed by atoms with Crippen LogP contribution in [0.2, 0.25) is 0 Å². The number of amides is 1. The van der Waals surface area contributed by atoms with Gasteiger partial charge in [0.2, 0.25) is 5.91 Å². The van der Waals surface area contributed by atoms with Crippen LogP contribution in [0.5, 0.6) is 11.5 Å². The number of nitrogens with one attached hydrogen (secondary N) is 2. The Bertz CT molecular complexity index is 589. The molecule has 0 spiro atoms. The first-order chi connectivity index (χ1) is 13.0. The van der Waals surface area contributed by atoms with Crippen LogP contribution in [0.15, 0.2) is 18.2 Å². The zero-order chi connectivity index (χ0) is 19.6. The molecule has 0 bridgehead atoms. The highest BCUT2D eigenvalue weighted by molar-refractivity contribution is 5.85. The number of carbonyl (C=O) groups excluding carboxylic acids is 1. The molecule has 1 aliphatic heterocycles. The Kier molecular flexibility index (Phi) is 11.3. The predicted octanol–water partition coefficient (Wildman–Crippen LogP) is 4.18. The van der Waals surface area contributed by atoms with Crippen molar-refractivity contribution in [2.24, 2.45) is 17.8 Å². The smallest absolute Gasteiger partial charge is 0.220 e. The van der Waals surface area contributed by atoms with Gasteiger partial charge in [0, 0.05) is 13.0 Å². The van der Waals surface area contributed by atoms with E-state index in [1.807, 2.05) is 18.2 Å². The van der Waals surface area contributed by atoms with Crippen molar-refractivity contribution in [1.82, 2.24) is 10.6 Å². The monoisotopic (exact) mass is 412 g/mol. The van der Waals surface area contributed by atoms with Crippen LogP contribution in [-0.4, -0.2) is 32.7 Å². The van der Waals surface area contributed by atoms with E-state index in [1.165, 1.54) is 12.8 Å². The van der Waals surface area contributed by atoms with Gasteiger partial charge in [-0.25, -0.2) is 0 Å². The van der Waals surface area contributed by atoms with E-state index >= 15 is 0 Å². The molecule has 1 amide bonds. The molecule has 1 aliphatic rings. The summed E-state index contributed by atoms with van der Waals surface area (Å²) < 4.78 is 11.3. The molecule has 1 atom stereocenters. The van der Waals surface area contributed by atoms with Gasteiger partial charge in [-0.2, -0.15) is 0 Å². The van der Waals surface area contributed by atoms with Crippen LogP contribution in [-0.2, 0) is 11.3 Å². The number of carbonyl (C=O) groups is 1. The van der Waals surface area contributed by atoms with Crippen LogP contribution < -0.4 is 20.1 Å². The fraction of sp³-hybridized carbons (Fsp3) is 0.682. The van der Waals surface area contributed by atoms with Crippen LogP contribution in [0.1, 0.15) is 52.0 Å². The molecule has 1 saturated heterocycles. The van der Waals surface area contributed by atoms with E-state index in [4.69, 9.17) is 9.47 Å². The van der Waals surface area contributed by atoms with Gasteiger partial charge in [0.15, 0.2) is 11.5 Å². The van der Waals surface area contributed by atoms with Gasteiger partial charge in [0.1, 0.15) is 0 Å². The van der Waals surface area contributed by atoms with E-state index in [1.54, 1.807) is 7.11 Å². The normalized spacial score (nSPS) is 15.6. The minimum atomic E-state index is 0. The first kappa shape index (κ1) is 24.6. The van der Waals surface area contributed by atoms with Crippen LogP contribution >= 0.6 is 12.4 Å². The minimum Gasteiger partial charge on any atom is -0.493 e. The third kappa shape index (κ3) is 8.27. The lowest BCUT2D eigenvalue weighted by atomic mass is 9.84. The SMILES string of the molecule is COc1cc(CNC(=O)CC(C)C2CCNCC2)ccc1OCCC(C)C.Cl. The topological polar surface area (TPSA) is 59.6 Å². The second kappa shape index (κ2) is 12.9. The van der Waals surface area contributed by atoms with E-state index in [0.717, 1.165) is 30.8 Å². The van der Waals surface area contributed by atoms with Crippen LogP contribution in [0.3, 0.4) is 0 Å². The fourth-order valence-corrected chi connectivity index (χ4v) is 3.49. The van der Waals surface area contributed by atoms with Crippen molar-refractivity contribution < 1.29 is 14.3 Å². The summed E-state index contributed by atoms with van der Waals surface area (Å²) in [5, 5.41) is 6.43. The number of methoxy groups -OCH3 is 1. The fourth-order valence-electron chi connectivity index (χ4n) is 3.49. The number of hydrogen-bond acceptors (Lipinski definition) is 4. The highest BCUT2D eigenvalue weighted by atomic mass is 35.5. The average Bonchev–Trinajstić information content (AvgIpc) is 2.67. The van der Waals surface area contributed by atoms with E-state index in [0.29, 0.717) is 43.1 Å². The highest BCUT2D eigenvalue weighted by Gasteiger charge is 2.21. The summed E-state index contributed by atoms with van der Waals surface area (Å²) in [5.41, 5.74) is 1.02. The van der Waals surface area contributed by atoms with E-state index in [2.05, 4.69) is 31.4 Å². The van der Waals surface area contributed by atoms with Crippen molar-refractivity contribution in [2.45, 2.75) is 53.0 Å². The second-order valence-electron chi connectivity index (χ2n) is 8.06. The minimum absolute atomic E-state index is 0. The van der Waals surface area contributed by atoms with Gasteiger partial charge in [-0.3, -0.25) is 4.79 Å². The lowest BCUT2D eigenvalue weighted by Gasteiger charge is -2.27. The number of hydrogen-bond donors (Lipinski definition) is 2. The van der Waals surface area contributed by atoms with E-state index in [-0.39, 0.29) is 18.3 Å². The van der Waals surface area contributed by atoms with Crippen molar-refractivity contribution in [1.29, 1.82) is 0 Å². The molecule has 2 N–H and O–H groups in total. The van der Waals surface area contributed by atoms with Gasteiger partial charge in [0.05, 0.1) is 13.7 Å². The van der Waals surface area contributed by atoms with Crippen molar-refractivity contribution in [3.8, 4) is 11.5 Å².